The Balaban J connectivity index is 1.87. The van der Waals surface area contributed by atoms with Gasteiger partial charge in [-0.05, 0) is 37.1 Å². The van der Waals surface area contributed by atoms with Crippen molar-refractivity contribution in [3.63, 3.8) is 0 Å². The quantitative estimate of drug-likeness (QED) is 0.729. The van der Waals surface area contributed by atoms with Crippen LogP contribution in [0, 0.1) is 0 Å². The van der Waals surface area contributed by atoms with E-state index < -0.39 is 0 Å². The largest absolute Gasteiger partial charge is 0.347 e. The van der Waals surface area contributed by atoms with Crippen molar-refractivity contribution in [3.8, 4) is 11.4 Å². The number of benzene rings is 1. The molecule has 1 fully saturated rings. The number of nitrogens with zero attached hydrogens (tertiary/aromatic N) is 5. The molecular formula is C20H21N5O. The van der Waals surface area contributed by atoms with Crippen LogP contribution in [-0.2, 0) is 4.79 Å². The van der Waals surface area contributed by atoms with Gasteiger partial charge in [0.05, 0.1) is 5.52 Å². The van der Waals surface area contributed by atoms with Crippen molar-refractivity contribution in [1.82, 2.24) is 19.9 Å². The van der Waals surface area contributed by atoms with Gasteiger partial charge in [-0.2, -0.15) is 0 Å². The number of pyridine rings is 1. The van der Waals surface area contributed by atoms with Gasteiger partial charge in [0.1, 0.15) is 11.9 Å². The van der Waals surface area contributed by atoms with Crippen LogP contribution in [0.2, 0.25) is 0 Å². The van der Waals surface area contributed by atoms with Crippen LogP contribution in [0.5, 0.6) is 0 Å². The highest BCUT2D eigenvalue weighted by Crippen LogP contribution is 2.32. The van der Waals surface area contributed by atoms with Crippen molar-refractivity contribution in [2.45, 2.75) is 18.9 Å². The number of aromatic nitrogens is 3. The highest BCUT2D eigenvalue weighted by molar-refractivity contribution is 5.94. The van der Waals surface area contributed by atoms with Gasteiger partial charge in [0, 0.05) is 44.0 Å². The predicted octanol–water partition coefficient (Wildman–Crippen LogP) is 2.75. The van der Waals surface area contributed by atoms with E-state index in [2.05, 4.69) is 9.88 Å². The molecule has 3 aromatic rings. The van der Waals surface area contributed by atoms with E-state index in [0.29, 0.717) is 5.82 Å². The standard InChI is InChI=1S/C20H21N5O/c1-24(2)20(26)17-8-5-13-25(17)19-15-6-3-4-7-16(15)22-18(23-19)14-9-11-21-12-10-14/h3-4,6-7,9-12,17H,5,8,13H2,1-2H3/t17-/m1/s1. The van der Waals surface area contributed by atoms with Crippen LogP contribution in [0.3, 0.4) is 0 Å². The average molecular weight is 347 g/mol. The summed E-state index contributed by atoms with van der Waals surface area (Å²) in [7, 11) is 3.61. The van der Waals surface area contributed by atoms with Crippen LogP contribution in [0.1, 0.15) is 12.8 Å². The monoisotopic (exact) mass is 347 g/mol. The van der Waals surface area contributed by atoms with E-state index in [0.717, 1.165) is 41.7 Å². The number of likely N-dealkylation sites (N-methyl/N-ethyl adjacent to an activating group) is 1. The molecule has 4 rings (SSSR count). The summed E-state index contributed by atoms with van der Waals surface area (Å²) in [6, 6.07) is 11.6. The van der Waals surface area contributed by atoms with Crippen molar-refractivity contribution in [3.05, 3.63) is 48.8 Å². The highest BCUT2D eigenvalue weighted by Gasteiger charge is 2.33. The van der Waals surface area contributed by atoms with Crippen molar-refractivity contribution in [2.75, 3.05) is 25.5 Å². The first-order valence-corrected chi connectivity index (χ1v) is 8.80. The number of carbonyl (C=O) groups is 1. The molecule has 132 valence electrons. The summed E-state index contributed by atoms with van der Waals surface area (Å²) < 4.78 is 0. The first-order chi connectivity index (χ1) is 12.6. The predicted molar refractivity (Wildman–Crippen MR) is 102 cm³/mol. The van der Waals surface area contributed by atoms with Crippen molar-refractivity contribution < 1.29 is 4.79 Å². The molecule has 0 bridgehead atoms. The molecule has 1 amide bonds. The van der Waals surface area contributed by atoms with Crippen LogP contribution < -0.4 is 4.90 Å². The van der Waals surface area contributed by atoms with Gasteiger partial charge >= 0.3 is 0 Å². The number of anilines is 1. The molecule has 0 unspecified atom stereocenters. The Kier molecular flexibility index (Phi) is 4.24. The van der Waals surface area contributed by atoms with E-state index in [1.165, 1.54) is 0 Å². The Morgan fingerprint density at radius 3 is 2.65 bits per heavy atom. The minimum Gasteiger partial charge on any atom is -0.347 e. The summed E-state index contributed by atoms with van der Waals surface area (Å²) in [4.78, 5) is 30.1. The van der Waals surface area contributed by atoms with E-state index in [4.69, 9.17) is 9.97 Å². The molecule has 1 atom stereocenters. The lowest BCUT2D eigenvalue weighted by molar-refractivity contribution is -0.129. The second-order valence-electron chi connectivity index (χ2n) is 6.71. The summed E-state index contributed by atoms with van der Waals surface area (Å²) in [6.45, 7) is 0.820. The van der Waals surface area contributed by atoms with Gasteiger partial charge in [0.2, 0.25) is 5.91 Å². The fourth-order valence-electron chi connectivity index (χ4n) is 3.48. The van der Waals surface area contributed by atoms with Crippen LogP contribution >= 0.6 is 0 Å². The Morgan fingerprint density at radius 1 is 1.12 bits per heavy atom. The minimum absolute atomic E-state index is 0.121. The van der Waals surface area contributed by atoms with Crippen LogP contribution in [0.4, 0.5) is 5.82 Å². The van der Waals surface area contributed by atoms with Gasteiger partial charge in [0.25, 0.3) is 0 Å². The molecule has 1 saturated heterocycles. The van der Waals surface area contributed by atoms with E-state index in [-0.39, 0.29) is 11.9 Å². The Bertz CT molecular complexity index is 941. The zero-order chi connectivity index (χ0) is 18.1. The average Bonchev–Trinajstić information content (AvgIpc) is 3.16. The Morgan fingerprint density at radius 2 is 1.88 bits per heavy atom. The van der Waals surface area contributed by atoms with Crippen molar-refractivity contribution in [2.24, 2.45) is 0 Å². The molecule has 0 radical (unpaired) electrons. The first-order valence-electron chi connectivity index (χ1n) is 8.80. The number of amides is 1. The maximum absolute atomic E-state index is 12.7. The van der Waals surface area contributed by atoms with E-state index in [1.807, 2.05) is 36.4 Å². The molecule has 1 aliphatic rings. The molecule has 0 aliphatic carbocycles. The van der Waals surface area contributed by atoms with Gasteiger partial charge in [-0.3, -0.25) is 9.78 Å². The number of hydrogen-bond acceptors (Lipinski definition) is 5. The van der Waals surface area contributed by atoms with E-state index in [1.54, 1.807) is 31.4 Å². The number of fused-ring (bicyclic) bond motifs is 1. The van der Waals surface area contributed by atoms with Gasteiger partial charge in [-0.15, -0.1) is 0 Å². The molecule has 0 spiro atoms. The molecule has 26 heavy (non-hydrogen) atoms. The Hall–Kier alpha value is -3.02. The summed E-state index contributed by atoms with van der Waals surface area (Å²) in [6.07, 6.45) is 5.30. The lowest BCUT2D eigenvalue weighted by atomic mass is 10.1. The van der Waals surface area contributed by atoms with Crippen LogP contribution in [-0.4, -0.2) is 52.4 Å². The van der Waals surface area contributed by atoms with Crippen LogP contribution in [0.15, 0.2) is 48.8 Å². The number of hydrogen-bond donors (Lipinski definition) is 0. The maximum atomic E-state index is 12.7. The third-order valence-corrected chi connectivity index (χ3v) is 4.77. The van der Waals surface area contributed by atoms with Gasteiger partial charge in [0.15, 0.2) is 5.82 Å². The molecule has 0 saturated carbocycles. The normalized spacial score (nSPS) is 16.8. The van der Waals surface area contributed by atoms with Crippen LogP contribution in [0.25, 0.3) is 22.3 Å². The number of para-hydroxylation sites is 1. The first kappa shape index (κ1) is 16.4. The fourth-order valence-corrected chi connectivity index (χ4v) is 3.48. The zero-order valence-electron chi connectivity index (χ0n) is 15.0. The third kappa shape index (κ3) is 2.87. The molecule has 1 aliphatic heterocycles. The molecule has 2 aromatic heterocycles. The smallest absolute Gasteiger partial charge is 0.244 e. The zero-order valence-corrected chi connectivity index (χ0v) is 15.0. The second kappa shape index (κ2) is 6.71. The summed E-state index contributed by atoms with van der Waals surface area (Å²) in [5.41, 5.74) is 1.80. The fraction of sp³-hybridized carbons (Fsp3) is 0.300. The molecular weight excluding hydrogens is 326 g/mol. The topological polar surface area (TPSA) is 62.2 Å². The summed E-state index contributed by atoms with van der Waals surface area (Å²) in [5.74, 6) is 1.61. The molecule has 3 heterocycles. The highest BCUT2D eigenvalue weighted by atomic mass is 16.2. The maximum Gasteiger partial charge on any atom is 0.244 e. The lowest BCUT2D eigenvalue weighted by Gasteiger charge is -2.28. The third-order valence-electron chi connectivity index (χ3n) is 4.77. The number of carbonyl (C=O) groups excluding carboxylic acids is 1. The number of rotatable bonds is 3. The summed E-state index contributed by atoms with van der Waals surface area (Å²) in [5, 5.41) is 0.976. The van der Waals surface area contributed by atoms with Crippen molar-refractivity contribution in [1.29, 1.82) is 0 Å². The SMILES string of the molecule is CN(C)C(=O)[C@H]1CCCN1c1nc(-c2ccncc2)nc2ccccc12. The van der Waals surface area contributed by atoms with E-state index >= 15 is 0 Å². The van der Waals surface area contributed by atoms with Gasteiger partial charge < -0.3 is 9.80 Å². The molecule has 0 N–H and O–H groups in total. The summed E-state index contributed by atoms with van der Waals surface area (Å²) >= 11 is 0. The molecule has 6 nitrogen and oxygen atoms in total. The molecule has 6 heteroatoms. The Labute approximate surface area is 152 Å². The second-order valence-corrected chi connectivity index (χ2v) is 6.71. The lowest BCUT2D eigenvalue weighted by Crippen LogP contribution is -2.43. The van der Waals surface area contributed by atoms with Gasteiger partial charge in [-0.1, -0.05) is 12.1 Å². The minimum atomic E-state index is -0.173. The molecule has 1 aromatic carbocycles. The van der Waals surface area contributed by atoms with Gasteiger partial charge in [-0.25, -0.2) is 9.97 Å². The van der Waals surface area contributed by atoms with Crippen molar-refractivity contribution >= 4 is 22.6 Å². The van der Waals surface area contributed by atoms with E-state index in [9.17, 15) is 4.79 Å².